The fraction of sp³-hybridized carbons (Fsp3) is 0.292. The molecule has 1 saturated heterocycles. The summed E-state index contributed by atoms with van der Waals surface area (Å²) in [5.74, 6) is 0.459. The van der Waals surface area contributed by atoms with Crippen molar-refractivity contribution < 1.29 is 26.8 Å². The van der Waals surface area contributed by atoms with Gasteiger partial charge in [-0.2, -0.15) is 4.31 Å². The first kappa shape index (κ1) is 23.0. The van der Waals surface area contributed by atoms with Gasteiger partial charge < -0.3 is 14.1 Å². The van der Waals surface area contributed by atoms with Crippen molar-refractivity contribution >= 4 is 15.9 Å². The first-order valence-electron chi connectivity index (χ1n) is 10.6. The van der Waals surface area contributed by atoms with Crippen molar-refractivity contribution in [1.82, 2.24) is 9.21 Å². The molecular weight excluding hydrogens is 447 g/mol. The Hall–Kier alpha value is -3.17. The highest BCUT2D eigenvalue weighted by Gasteiger charge is 2.32. The lowest BCUT2D eigenvalue weighted by Crippen LogP contribution is -2.50. The number of amides is 1. The summed E-state index contributed by atoms with van der Waals surface area (Å²) in [7, 11) is -3.63. The van der Waals surface area contributed by atoms with Crippen molar-refractivity contribution in [2.24, 2.45) is 0 Å². The molecule has 4 rings (SSSR count). The number of hydrogen-bond donors (Lipinski definition) is 0. The second-order valence-corrected chi connectivity index (χ2v) is 9.88. The highest BCUT2D eigenvalue weighted by Crippen LogP contribution is 2.23. The van der Waals surface area contributed by atoms with Gasteiger partial charge >= 0.3 is 0 Å². The van der Waals surface area contributed by atoms with Crippen LogP contribution in [-0.4, -0.2) is 49.7 Å². The Morgan fingerprint density at radius 3 is 2.39 bits per heavy atom. The summed E-state index contributed by atoms with van der Waals surface area (Å²) < 4.78 is 51.7. The van der Waals surface area contributed by atoms with Crippen LogP contribution in [0, 0.1) is 19.7 Å². The average molecular weight is 473 g/mol. The van der Waals surface area contributed by atoms with Gasteiger partial charge in [0, 0.05) is 26.2 Å². The van der Waals surface area contributed by atoms with Crippen molar-refractivity contribution in [3.05, 3.63) is 83.1 Å². The van der Waals surface area contributed by atoms with Crippen molar-refractivity contribution in [3.8, 4) is 5.75 Å². The van der Waals surface area contributed by atoms with Crippen LogP contribution in [0.4, 0.5) is 4.39 Å². The predicted molar refractivity (Wildman–Crippen MR) is 120 cm³/mol. The summed E-state index contributed by atoms with van der Waals surface area (Å²) in [5, 5.41) is 0. The van der Waals surface area contributed by atoms with E-state index < -0.39 is 10.0 Å². The summed E-state index contributed by atoms with van der Waals surface area (Å²) in [4.78, 5) is 14.7. The fourth-order valence-electron chi connectivity index (χ4n) is 3.67. The number of carbonyl (C=O) groups excluding carboxylic acids is 1. The van der Waals surface area contributed by atoms with Gasteiger partial charge in [-0.1, -0.05) is 12.1 Å². The molecular formula is C24H25FN2O5S. The second kappa shape index (κ2) is 9.36. The van der Waals surface area contributed by atoms with E-state index >= 15 is 0 Å². The van der Waals surface area contributed by atoms with Crippen molar-refractivity contribution in [2.45, 2.75) is 25.3 Å². The number of halogens is 1. The van der Waals surface area contributed by atoms with Gasteiger partial charge in [0.1, 0.15) is 23.9 Å². The minimum Gasteiger partial charge on any atom is -0.486 e. The van der Waals surface area contributed by atoms with E-state index in [0.29, 0.717) is 22.0 Å². The maximum absolute atomic E-state index is 13.1. The molecule has 0 spiro atoms. The fourth-order valence-corrected chi connectivity index (χ4v) is 5.40. The molecule has 0 unspecified atom stereocenters. The van der Waals surface area contributed by atoms with Gasteiger partial charge in [-0.15, -0.1) is 0 Å². The minimum atomic E-state index is -3.63. The van der Waals surface area contributed by atoms with Crippen molar-refractivity contribution in [1.29, 1.82) is 0 Å². The van der Waals surface area contributed by atoms with Crippen LogP contribution in [-0.2, 0) is 16.6 Å². The van der Waals surface area contributed by atoms with E-state index in [2.05, 4.69) is 0 Å². The van der Waals surface area contributed by atoms with Gasteiger partial charge in [0.25, 0.3) is 5.91 Å². The molecule has 0 atom stereocenters. The molecule has 174 valence electrons. The number of rotatable bonds is 6. The van der Waals surface area contributed by atoms with Crippen molar-refractivity contribution in [3.63, 3.8) is 0 Å². The molecule has 1 amide bonds. The quantitative estimate of drug-likeness (QED) is 0.546. The third kappa shape index (κ3) is 5.09. The molecule has 1 aliphatic rings. The Kier molecular flexibility index (Phi) is 6.53. The standard InChI is InChI=1S/C24H25FN2O5S/c1-17-3-4-18(2)23(15-17)33(29,30)27-13-11-26(12-14-27)24(28)22-10-9-21(32-22)16-31-20-7-5-19(25)6-8-20/h3-10,15H,11-14,16H2,1-2H3. The van der Waals surface area contributed by atoms with E-state index in [1.807, 2.05) is 13.0 Å². The van der Waals surface area contributed by atoms with Gasteiger partial charge in [0.15, 0.2) is 5.76 Å². The number of ether oxygens (including phenoxy) is 1. The molecule has 33 heavy (non-hydrogen) atoms. The van der Waals surface area contributed by atoms with Crippen LogP contribution < -0.4 is 4.74 Å². The summed E-state index contributed by atoms with van der Waals surface area (Å²) in [6, 6.07) is 14.2. The Morgan fingerprint density at radius 1 is 1.00 bits per heavy atom. The van der Waals surface area contributed by atoms with Crippen LogP contribution in [0.2, 0.25) is 0 Å². The average Bonchev–Trinajstić information content (AvgIpc) is 3.29. The summed E-state index contributed by atoms with van der Waals surface area (Å²) in [6.45, 7) is 4.69. The van der Waals surface area contributed by atoms with Crippen LogP contribution in [0.1, 0.15) is 27.4 Å². The number of carbonyl (C=O) groups is 1. The van der Waals surface area contributed by atoms with E-state index in [-0.39, 0.29) is 50.3 Å². The number of nitrogens with zero attached hydrogens (tertiary/aromatic N) is 2. The Bertz CT molecular complexity index is 1250. The van der Waals surface area contributed by atoms with Gasteiger partial charge in [-0.3, -0.25) is 4.79 Å². The number of aryl methyl sites for hydroxylation is 2. The number of furan rings is 1. The summed E-state index contributed by atoms with van der Waals surface area (Å²) in [6.07, 6.45) is 0. The zero-order valence-corrected chi connectivity index (χ0v) is 19.3. The van der Waals surface area contributed by atoms with E-state index in [0.717, 1.165) is 5.56 Å². The minimum absolute atomic E-state index is 0.0980. The molecule has 1 aromatic heterocycles. The Balaban J connectivity index is 1.36. The third-order valence-electron chi connectivity index (χ3n) is 5.55. The van der Waals surface area contributed by atoms with Crippen LogP contribution in [0.5, 0.6) is 5.75 Å². The van der Waals surface area contributed by atoms with E-state index in [9.17, 15) is 17.6 Å². The molecule has 2 heterocycles. The predicted octanol–water partition coefficient (Wildman–Crippen LogP) is 3.76. The molecule has 3 aromatic rings. The van der Waals surface area contributed by atoms with Gasteiger partial charge in [-0.25, -0.2) is 12.8 Å². The number of benzene rings is 2. The van der Waals surface area contributed by atoms with Crippen LogP contribution in [0.3, 0.4) is 0 Å². The molecule has 2 aromatic carbocycles. The molecule has 1 aliphatic heterocycles. The molecule has 0 saturated carbocycles. The van der Waals surface area contributed by atoms with Crippen LogP contribution in [0.25, 0.3) is 0 Å². The lowest BCUT2D eigenvalue weighted by atomic mass is 10.2. The zero-order valence-electron chi connectivity index (χ0n) is 18.5. The molecule has 0 bridgehead atoms. The number of sulfonamides is 1. The lowest BCUT2D eigenvalue weighted by Gasteiger charge is -2.33. The summed E-state index contributed by atoms with van der Waals surface area (Å²) in [5.41, 5.74) is 1.58. The van der Waals surface area contributed by atoms with Gasteiger partial charge in [-0.05, 0) is 67.4 Å². The van der Waals surface area contributed by atoms with Crippen LogP contribution in [0.15, 0.2) is 63.9 Å². The normalized spacial score (nSPS) is 14.9. The maximum atomic E-state index is 13.1. The molecule has 1 fully saturated rings. The maximum Gasteiger partial charge on any atom is 0.289 e. The topological polar surface area (TPSA) is 80.1 Å². The molecule has 0 radical (unpaired) electrons. The largest absolute Gasteiger partial charge is 0.486 e. The molecule has 0 aliphatic carbocycles. The highest BCUT2D eigenvalue weighted by molar-refractivity contribution is 7.89. The highest BCUT2D eigenvalue weighted by atomic mass is 32.2. The van der Waals surface area contributed by atoms with E-state index in [1.165, 1.54) is 28.6 Å². The van der Waals surface area contributed by atoms with Crippen LogP contribution >= 0.6 is 0 Å². The molecule has 0 N–H and O–H groups in total. The first-order valence-corrected chi connectivity index (χ1v) is 12.0. The van der Waals surface area contributed by atoms with Gasteiger partial charge in [0.2, 0.25) is 10.0 Å². The van der Waals surface area contributed by atoms with Crippen molar-refractivity contribution in [2.75, 3.05) is 26.2 Å². The monoisotopic (exact) mass is 472 g/mol. The van der Waals surface area contributed by atoms with E-state index in [4.69, 9.17) is 9.15 Å². The lowest BCUT2D eigenvalue weighted by molar-refractivity contribution is 0.0662. The number of hydrogen-bond acceptors (Lipinski definition) is 5. The Labute approximate surface area is 192 Å². The second-order valence-electron chi connectivity index (χ2n) is 7.97. The SMILES string of the molecule is Cc1ccc(C)c(S(=O)(=O)N2CCN(C(=O)c3ccc(COc4ccc(F)cc4)o3)CC2)c1. The number of piperazine rings is 1. The molecule has 7 nitrogen and oxygen atoms in total. The zero-order chi connectivity index (χ0) is 23.6. The van der Waals surface area contributed by atoms with Gasteiger partial charge in [0.05, 0.1) is 4.90 Å². The smallest absolute Gasteiger partial charge is 0.289 e. The Morgan fingerprint density at radius 2 is 1.70 bits per heavy atom. The summed E-state index contributed by atoms with van der Waals surface area (Å²) >= 11 is 0. The first-order chi connectivity index (χ1) is 15.7. The van der Waals surface area contributed by atoms with E-state index in [1.54, 1.807) is 36.1 Å². The third-order valence-corrected chi connectivity index (χ3v) is 7.60. The molecule has 9 heteroatoms.